The summed E-state index contributed by atoms with van der Waals surface area (Å²) in [6.07, 6.45) is 0.227. The smallest absolute Gasteiger partial charge is 0.231 e. The minimum absolute atomic E-state index is 0.00476. The average Bonchev–Trinajstić information content (AvgIpc) is 3.43. The Balaban J connectivity index is 1.36. The van der Waals surface area contributed by atoms with Gasteiger partial charge in [0.15, 0.2) is 5.13 Å². The number of aromatic nitrogens is 1. The van der Waals surface area contributed by atoms with Crippen LogP contribution in [-0.2, 0) is 16.1 Å². The first kappa shape index (κ1) is 19.6. The maximum atomic E-state index is 12.7. The summed E-state index contributed by atoms with van der Waals surface area (Å²) in [5.41, 5.74) is 1.88. The zero-order valence-corrected chi connectivity index (χ0v) is 17.8. The molecule has 2 amide bonds. The Bertz CT molecular complexity index is 1030. The lowest BCUT2D eigenvalue weighted by atomic mass is 10.1. The highest BCUT2D eigenvalue weighted by Crippen LogP contribution is 2.31. The first-order valence-electron chi connectivity index (χ1n) is 9.25. The molecule has 0 saturated carbocycles. The van der Waals surface area contributed by atoms with Gasteiger partial charge in [0.2, 0.25) is 11.8 Å². The molecule has 4 rings (SSSR count). The lowest BCUT2D eigenvalue weighted by Crippen LogP contribution is -2.28. The molecule has 1 aliphatic heterocycles. The summed E-state index contributed by atoms with van der Waals surface area (Å²) in [6.45, 7) is 2.96. The molecule has 29 heavy (non-hydrogen) atoms. The quantitative estimate of drug-likeness (QED) is 0.641. The number of amides is 2. The SMILES string of the molecule is COc1ccc(CN2CC(C(=O)Nc3nc(-c4ccc(C)s4)cs3)CC2=O)cc1. The van der Waals surface area contributed by atoms with Crippen molar-refractivity contribution in [2.45, 2.75) is 19.9 Å². The molecule has 0 spiro atoms. The van der Waals surface area contributed by atoms with E-state index in [0.717, 1.165) is 21.9 Å². The van der Waals surface area contributed by atoms with Crippen molar-refractivity contribution in [2.75, 3.05) is 19.0 Å². The first-order chi connectivity index (χ1) is 14.0. The third-order valence-electron chi connectivity index (χ3n) is 4.84. The van der Waals surface area contributed by atoms with E-state index in [1.54, 1.807) is 23.3 Å². The Hall–Kier alpha value is -2.71. The average molecular weight is 428 g/mol. The molecule has 1 unspecified atom stereocenters. The van der Waals surface area contributed by atoms with Crippen molar-refractivity contribution in [1.82, 2.24) is 9.88 Å². The van der Waals surface area contributed by atoms with Gasteiger partial charge in [0.25, 0.3) is 0 Å². The summed E-state index contributed by atoms with van der Waals surface area (Å²) in [6, 6.07) is 11.7. The number of nitrogens with one attached hydrogen (secondary N) is 1. The van der Waals surface area contributed by atoms with Crippen LogP contribution in [0.3, 0.4) is 0 Å². The predicted molar refractivity (Wildman–Crippen MR) is 115 cm³/mol. The molecule has 1 atom stereocenters. The Morgan fingerprint density at radius 1 is 1.28 bits per heavy atom. The van der Waals surface area contributed by atoms with Gasteiger partial charge in [-0.1, -0.05) is 12.1 Å². The number of anilines is 1. The highest BCUT2D eigenvalue weighted by atomic mass is 32.1. The Kier molecular flexibility index (Phi) is 5.64. The van der Waals surface area contributed by atoms with E-state index in [-0.39, 0.29) is 24.2 Å². The molecule has 1 aromatic carbocycles. The Labute approximate surface area is 177 Å². The topological polar surface area (TPSA) is 71.5 Å². The van der Waals surface area contributed by atoms with Gasteiger partial charge < -0.3 is 15.0 Å². The lowest BCUT2D eigenvalue weighted by molar-refractivity contribution is -0.128. The molecule has 8 heteroatoms. The number of hydrogen-bond donors (Lipinski definition) is 1. The number of hydrogen-bond acceptors (Lipinski definition) is 6. The summed E-state index contributed by atoms with van der Waals surface area (Å²) >= 11 is 3.08. The van der Waals surface area contributed by atoms with Crippen molar-refractivity contribution in [2.24, 2.45) is 5.92 Å². The minimum Gasteiger partial charge on any atom is -0.497 e. The summed E-state index contributed by atoms with van der Waals surface area (Å²) in [7, 11) is 1.62. The van der Waals surface area contributed by atoms with Gasteiger partial charge in [0, 0.05) is 29.8 Å². The van der Waals surface area contributed by atoms with Gasteiger partial charge in [-0.05, 0) is 36.8 Å². The van der Waals surface area contributed by atoms with Crippen molar-refractivity contribution in [3.63, 3.8) is 0 Å². The third-order valence-corrected chi connectivity index (χ3v) is 6.63. The van der Waals surface area contributed by atoms with Crippen LogP contribution in [0.1, 0.15) is 16.9 Å². The second kappa shape index (κ2) is 8.34. The molecule has 6 nitrogen and oxygen atoms in total. The van der Waals surface area contributed by atoms with E-state index in [0.29, 0.717) is 18.2 Å². The largest absolute Gasteiger partial charge is 0.497 e. The van der Waals surface area contributed by atoms with E-state index >= 15 is 0 Å². The van der Waals surface area contributed by atoms with Crippen molar-refractivity contribution >= 4 is 39.6 Å². The molecule has 3 heterocycles. The van der Waals surface area contributed by atoms with E-state index in [1.165, 1.54) is 16.2 Å². The number of likely N-dealkylation sites (tertiary alicyclic amines) is 1. The van der Waals surface area contributed by atoms with Crippen LogP contribution in [0, 0.1) is 12.8 Å². The van der Waals surface area contributed by atoms with E-state index in [9.17, 15) is 9.59 Å². The number of nitrogens with zero attached hydrogens (tertiary/aromatic N) is 2. The fourth-order valence-electron chi connectivity index (χ4n) is 3.28. The molecule has 1 aliphatic rings. The Morgan fingerprint density at radius 3 is 2.76 bits per heavy atom. The molecule has 150 valence electrons. The monoisotopic (exact) mass is 427 g/mol. The molecule has 1 N–H and O–H groups in total. The first-order valence-corrected chi connectivity index (χ1v) is 11.0. The molecule has 0 bridgehead atoms. The zero-order valence-electron chi connectivity index (χ0n) is 16.2. The second-order valence-corrected chi connectivity index (χ2v) is 9.11. The summed E-state index contributed by atoms with van der Waals surface area (Å²) in [4.78, 5) is 33.6. The van der Waals surface area contributed by atoms with Gasteiger partial charge in [-0.3, -0.25) is 9.59 Å². The molecule has 1 fully saturated rings. The van der Waals surface area contributed by atoms with Crippen LogP contribution in [0.15, 0.2) is 41.8 Å². The van der Waals surface area contributed by atoms with Crippen LogP contribution >= 0.6 is 22.7 Å². The van der Waals surface area contributed by atoms with Crippen LogP contribution < -0.4 is 10.1 Å². The zero-order chi connectivity index (χ0) is 20.4. The van der Waals surface area contributed by atoms with Crippen LogP contribution in [0.5, 0.6) is 5.75 Å². The maximum absolute atomic E-state index is 12.7. The standard InChI is InChI=1S/C21H21N3O3S2/c1-13-3-8-18(29-13)17-12-28-21(22-17)23-20(26)15-9-19(25)24(11-15)10-14-4-6-16(27-2)7-5-14/h3-8,12,15H,9-11H2,1-2H3,(H,22,23,26). The van der Waals surface area contributed by atoms with Crippen LogP contribution in [0.2, 0.25) is 0 Å². The van der Waals surface area contributed by atoms with Crippen molar-refractivity contribution in [3.8, 4) is 16.3 Å². The molecular formula is C21H21N3O3S2. The number of benzene rings is 1. The number of aryl methyl sites for hydroxylation is 1. The van der Waals surface area contributed by atoms with Gasteiger partial charge in [-0.25, -0.2) is 4.98 Å². The fraction of sp³-hybridized carbons (Fsp3) is 0.286. The number of methoxy groups -OCH3 is 1. The van der Waals surface area contributed by atoms with E-state index in [4.69, 9.17) is 4.74 Å². The summed E-state index contributed by atoms with van der Waals surface area (Å²) in [5.74, 6) is 0.255. The molecule has 0 radical (unpaired) electrons. The minimum atomic E-state index is -0.364. The molecule has 0 aliphatic carbocycles. The maximum Gasteiger partial charge on any atom is 0.231 e. The number of thiophene rings is 1. The van der Waals surface area contributed by atoms with Crippen molar-refractivity contribution < 1.29 is 14.3 Å². The number of rotatable bonds is 6. The lowest BCUT2D eigenvalue weighted by Gasteiger charge is -2.16. The predicted octanol–water partition coefficient (Wildman–Crippen LogP) is 4.18. The van der Waals surface area contributed by atoms with Gasteiger partial charge in [-0.15, -0.1) is 22.7 Å². The van der Waals surface area contributed by atoms with Crippen LogP contribution in [0.25, 0.3) is 10.6 Å². The van der Waals surface area contributed by atoms with Crippen molar-refractivity contribution in [3.05, 3.63) is 52.2 Å². The van der Waals surface area contributed by atoms with Crippen LogP contribution in [0.4, 0.5) is 5.13 Å². The highest BCUT2D eigenvalue weighted by Gasteiger charge is 2.34. The highest BCUT2D eigenvalue weighted by molar-refractivity contribution is 7.17. The summed E-state index contributed by atoms with van der Waals surface area (Å²) < 4.78 is 5.16. The van der Waals surface area contributed by atoms with Crippen molar-refractivity contribution in [1.29, 1.82) is 0 Å². The number of ether oxygens (including phenoxy) is 1. The normalized spacial score (nSPS) is 16.3. The number of thiazole rings is 1. The third kappa shape index (κ3) is 4.49. The summed E-state index contributed by atoms with van der Waals surface area (Å²) in [5, 5.41) is 5.39. The van der Waals surface area contributed by atoms with Gasteiger partial charge in [-0.2, -0.15) is 0 Å². The number of carbonyl (C=O) groups is 2. The molecule has 3 aromatic rings. The molecular weight excluding hydrogens is 406 g/mol. The molecule has 1 saturated heterocycles. The fourth-order valence-corrected chi connectivity index (χ4v) is 4.89. The van der Waals surface area contributed by atoms with Gasteiger partial charge in [0.1, 0.15) is 5.75 Å². The van der Waals surface area contributed by atoms with Gasteiger partial charge >= 0.3 is 0 Å². The second-order valence-electron chi connectivity index (χ2n) is 6.96. The van der Waals surface area contributed by atoms with E-state index < -0.39 is 0 Å². The van der Waals surface area contributed by atoms with Gasteiger partial charge in [0.05, 0.1) is 23.6 Å². The van der Waals surface area contributed by atoms with E-state index in [1.807, 2.05) is 35.7 Å². The van der Waals surface area contributed by atoms with E-state index in [2.05, 4.69) is 23.3 Å². The number of carbonyl (C=O) groups excluding carboxylic acids is 2. The Morgan fingerprint density at radius 2 is 2.07 bits per heavy atom. The van der Waals surface area contributed by atoms with Crippen LogP contribution in [-0.4, -0.2) is 35.4 Å². The molecule has 2 aromatic heterocycles.